The van der Waals surface area contributed by atoms with E-state index in [1.54, 1.807) is 7.11 Å². The minimum absolute atomic E-state index is 0.169. The first-order valence-corrected chi connectivity index (χ1v) is 7.31. The van der Waals surface area contributed by atoms with E-state index in [2.05, 4.69) is 12.2 Å². The van der Waals surface area contributed by atoms with E-state index in [1.807, 2.05) is 24.3 Å². The number of aliphatic hydroxyl groups is 1. The largest absolute Gasteiger partial charge is 0.497 e. The molecule has 4 heteroatoms. The molecular weight excluding hydrogens is 254 g/mol. The van der Waals surface area contributed by atoms with Crippen molar-refractivity contribution in [1.29, 1.82) is 0 Å². The lowest BCUT2D eigenvalue weighted by Crippen LogP contribution is -2.47. The number of hydrogen-bond acceptors (Lipinski definition) is 4. The van der Waals surface area contributed by atoms with Crippen LogP contribution in [0.25, 0.3) is 0 Å². The van der Waals surface area contributed by atoms with Gasteiger partial charge in [-0.2, -0.15) is 0 Å². The van der Waals surface area contributed by atoms with E-state index in [1.165, 1.54) is 12.8 Å². The molecule has 1 aliphatic carbocycles. The zero-order valence-corrected chi connectivity index (χ0v) is 12.4. The van der Waals surface area contributed by atoms with Crippen LogP contribution in [0.4, 0.5) is 0 Å². The van der Waals surface area contributed by atoms with Crippen molar-refractivity contribution in [1.82, 2.24) is 5.32 Å². The van der Waals surface area contributed by atoms with Crippen molar-refractivity contribution in [2.75, 3.05) is 20.3 Å². The molecule has 0 aromatic heterocycles. The van der Waals surface area contributed by atoms with Crippen molar-refractivity contribution >= 4 is 0 Å². The van der Waals surface area contributed by atoms with Gasteiger partial charge in [0.1, 0.15) is 11.5 Å². The second kappa shape index (κ2) is 6.95. The Balaban J connectivity index is 1.71. The summed E-state index contributed by atoms with van der Waals surface area (Å²) in [4.78, 5) is 0. The van der Waals surface area contributed by atoms with Crippen LogP contribution >= 0.6 is 0 Å². The maximum atomic E-state index is 9.53. The first-order chi connectivity index (χ1) is 9.65. The molecule has 0 spiro atoms. The summed E-state index contributed by atoms with van der Waals surface area (Å²) < 4.78 is 10.9. The van der Waals surface area contributed by atoms with E-state index in [0.29, 0.717) is 12.6 Å². The van der Waals surface area contributed by atoms with Gasteiger partial charge in [0.2, 0.25) is 0 Å². The lowest BCUT2D eigenvalue weighted by atomic mass is 9.97. The van der Waals surface area contributed by atoms with E-state index >= 15 is 0 Å². The number of hydrogen-bond donors (Lipinski definition) is 2. The minimum atomic E-state index is -0.182. The molecule has 0 heterocycles. The highest BCUT2D eigenvalue weighted by Crippen LogP contribution is 2.25. The normalized spacial score (nSPS) is 17.6. The SMILES string of the molecule is COc1cccc(OCCCC(C)(CO)NC2CC2)c1. The number of rotatable bonds is 9. The Bertz CT molecular complexity index is 420. The number of nitrogens with one attached hydrogen (secondary N) is 1. The quantitative estimate of drug-likeness (QED) is 0.681. The van der Waals surface area contributed by atoms with Gasteiger partial charge in [0, 0.05) is 17.6 Å². The van der Waals surface area contributed by atoms with Crippen molar-refractivity contribution in [2.24, 2.45) is 0 Å². The Morgan fingerprint density at radius 1 is 1.35 bits per heavy atom. The van der Waals surface area contributed by atoms with Gasteiger partial charge >= 0.3 is 0 Å². The molecule has 1 atom stereocenters. The highest BCUT2D eigenvalue weighted by atomic mass is 16.5. The molecule has 20 heavy (non-hydrogen) atoms. The van der Waals surface area contributed by atoms with E-state index in [4.69, 9.17) is 9.47 Å². The first-order valence-electron chi connectivity index (χ1n) is 7.31. The molecule has 0 aliphatic heterocycles. The predicted molar refractivity (Wildman–Crippen MR) is 79.4 cm³/mol. The third kappa shape index (κ3) is 4.69. The summed E-state index contributed by atoms with van der Waals surface area (Å²) >= 11 is 0. The zero-order chi connectivity index (χ0) is 14.4. The molecule has 4 nitrogen and oxygen atoms in total. The number of ether oxygens (including phenoxy) is 2. The van der Waals surface area contributed by atoms with Crippen LogP contribution in [0, 0.1) is 0 Å². The molecule has 1 fully saturated rings. The third-order valence-electron chi connectivity index (χ3n) is 3.66. The van der Waals surface area contributed by atoms with Crippen molar-refractivity contribution in [2.45, 2.75) is 44.2 Å². The van der Waals surface area contributed by atoms with Gasteiger partial charge in [-0.05, 0) is 44.7 Å². The summed E-state index contributed by atoms with van der Waals surface area (Å²) in [7, 11) is 1.65. The molecule has 1 unspecified atom stereocenters. The molecule has 1 aliphatic rings. The Hall–Kier alpha value is -1.26. The van der Waals surface area contributed by atoms with Crippen LogP contribution in [0.3, 0.4) is 0 Å². The Labute approximate surface area is 121 Å². The smallest absolute Gasteiger partial charge is 0.122 e. The summed E-state index contributed by atoms with van der Waals surface area (Å²) in [5.41, 5.74) is -0.182. The molecule has 0 saturated heterocycles. The van der Waals surface area contributed by atoms with Crippen LogP contribution in [0.5, 0.6) is 11.5 Å². The van der Waals surface area contributed by atoms with Gasteiger partial charge in [-0.3, -0.25) is 0 Å². The number of methoxy groups -OCH3 is 1. The van der Waals surface area contributed by atoms with Gasteiger partial charge in [-0.25, -0.2) is 0 Å². The first kappa shape index (κ1) is 15.1. The van der Waals surface area contributed by atoms with Crippen LogP contribution in [-0.4, -0.2) is 37.0 Å². The fourth-order valence-corrected chi connectivity index (χ4v) is 2.26. The molecular formula is C16H25NO3. The Morgan fingerprint density at radius 3 is 2.75 bits per heavy atom. The number of aliphatic hydroxyl groups excluding tert-OH is 1. The van der Waals surface area contributed by atoms with Crippen LogP contribution in [0.2, 0.25) is 0 Å². The lowest BCUT2D eigenvalue weighted by Gasteiger charge is -2.29. The topological polar surface area (TPSA) is 50.7 Å². The van der Waals surface area contributed by atoms with Gasteiger partial charge in [-0.15, -0.1) is 0 Å². The van der Waals surface area contributed by atoms with Crippen molar-refractivity contribution < 1.29 is 14.6 Å². The van der Waals surface area contributed by atoms with Gasteiger partial charge < -0.3 is 19.9 Å². The van der Waals surface area contributed by atoms with Crippen LogP contribution in [-0.2, 0) is 0 Å². The van der Waals surface area contributed by atoms with Gasteiger partial charge in [0.15, 0.2) is 0 Å². The summed E-state index contributed by atoms with van der Waals surface area (Å²) in [6.45, 7) is 2.90. The fourth-order valence-electron chi connectivity index (χ4n) is 2.26. The summed E-state index contributed by atoms with van der Waals surface area (Å²) in [5, 5.41) is 13.0. The van der Waals surface area contributed by atoms with Crippen molar-refractivity contribution in [3.8, 4) is 11.5 Å². The van der Waals surface area contributed by atoms with E-state index in [0.717, 1.165) is 24.3 Å². The molecule has 2 rings (SSSR count). The van der Waals surface area contributed by atoms with Crippen LogP contribution < -0.4 is 14.8 Å². The van der Waals surface area contributed by atoms with E-state index in [9.17, 15) is 5.11 Å². The predicted octanol–water partition coefficient (Wildman–Crippen LogP) is 2.36. The molecule has 0 amide bonds. The number of benzene rings is 1. The van der Waals surface area contributed by atoms with Crippen LogP contribution in [0.1, 0.15) is 32.6 Å². The molecule has 2 N–H and O–H groups in total. The highest BCUT2D eigenvalue weighted by Gasteiger charge is 2.31. The summed E-state index contributed by atoms with van der Waals surface area (Å²) in [5.74, 6) is 1.63. The summed E-state index contributed by atoms with van der Waals surface area (Å²) in [6.07, 6.45) is 4.28. The molecule has 1 aromatic rings. The van der Waals surface area contributed by atoms with Crippen LogP contribution in [0.15, 0.2) is 24.3 Å². The van der Waals surface area contributed by atoms with E-state index < -0.39 is 0 Å². The van der Waals surface area contributed by atoms with Gasteiger partial charge in [0.25, 0.3) is 0 Å². The van der Waals surface area contributed by atoms with Gasteiger partial charge in [0.05, 0.1) is 20.3 Å². The maximum absolute atomic E-state index is 9.53. The average molecular weight is 279 g/mol. The maximum Gasteiger partial charge on any atom is 0.122 e. The third-order valence-corrected chi connectivity index (χ3v) is 3.66. The fraction of sp³-hybridized carbons (Fsp3) is 0.625. The lowest BCUT2D eigenvalue weighted by molar-refractivity contribution is 0.154. The van der Waals surface area contributed by atoms with Gasteiger partial charge in [-0.1, -0.05) is 6.07 Å². The summed E-state index contributed by atoms with van der Waals surface area (Å²) in [6, 6.07) is 8.23. The average Bonchev–Trinajstić information content (AvgIpc) is 3.28. The van der Waals surface area contributed by atoms with Crippen molar-refractivity contribution in [3.63, 3.8) is 0 Å². The molecule has 0 bridgehead atoms. The standard InChI is InChI=1S/C16H25NO3/c1-16(12-18,17-13-7-8-13)9-4-10-20-15-6-3-5-14(11-15)19-2/h3,5-6,11,13,17-18H,4,7-10,12H2,1-2H3. The highest BCUT2D eigenvalue weighted by molar-refractivity contribution is 5.32. The minimum Gasteiger partial charge on any atom is -0.497 e. The zero-order valence-electron chi connectivity index (χ0n) is 12.4. The second-order valence-corrected chi connectivity index (χ2v) is 5.77. The Morgan fingerprint density at radius 2 is 2.10 bits per heavy atom. The molecule has 112 valence electrons. The van der Waals surface area contributed by atoms with E-state index in [-0.39, 0.29) is 12.1 Å². The molecule has 0 radical (unpaired) electrons. The molecule has 1 saturated carbocycles. The van der Waals surface area contributed by atoms with Crippen molar-refractivity contribution in [3.05, 3.63) is 24.3 Å². The second-order valence-electron chi connectivity index (χ2n) is 5.77. The molecule has 1 aromatic carbocycles. The Kier molecular flexibility index (Phi) is 5.26. The monoisotopic (exact) mass is 279 g/mol.